The van der Waals surface area contributed by atoms with Gasteiger partial charge in [-0.05, 0) is 210 Å². The number of hydrogen-bond donors (Lipinski definition) is 5. The van der Waals surface area contributed by atoms with E-state index in [4.69, 9.17) is 95.9 Å². The van der Waals surface area contributed by atoms with Crippen LogP contribution in [0.15, 0.2) is 0 Å². The monoisotopic (exact) mass is 1860 g/mol. The first kappa shape index (κ1) is 99.0. The van der Waals surface area contributed by atoms with Crippen molar-refractivity contribution in [3.05, 3.63) is 0 Å². The predicted octanol–water partition coefficient (Wildman–Crippen LogP) is 11.2. The third kappa shape index (κ3) is 20.0. The first-order valence-corrected chi connectivity index (χ1v) is 49.9. The Morgan fingerprint density at radius 2 is 0.606 bits per heavy atom. The fourth-order valence-electron chi connectivity index (χ4n) is 26.0. The number of amides is 5. The van der Waals surface area contributed by atoms with E-state index in [1.54, 1.807) is 13.8 Å². The standard InChI is InChI=1S/C96H145N5O31/c1-51-25-30-65-55(5)81(117-85-93(65)61(51)41-45-89(10,121-85)125-129-93)113-75(107)37-29-60(103)21-15-14-16-23-71(100-74(106)36-40-78(110)116-84-58(8)68-33-28-54(4)64-44-48-92(13)124-88(120-84)96(64,68)132-128-92)80(112)101-69(59(9)102)22-17-20-50-98-79(111)70(99-73(105)35-39-77(109)115-83-57(7)67-32-27-53(3)63-43-47-91(12)123-87(119-83)95(63,67)131-127-91)24-18-19-49-97-72(104)34-38-76(108)114-82-56(6)66-31-26-52(2)62-42-46-90(11)122-86(118-82)94(62,66)130-126-90/h51-58,61-71,81-88H,14-50H2,1-13H3,(H,97,104)(H,98,111)(H,99,105)(H,100,106)(H,101,112)/t51-,52-,53-,54-,55-,56-,57-,58-,61+,62+,63+,64+,65+,66+,67+,68+,69?,70?,71?,81-,82-,83-,84-,85-,86-,87-,88-,89+,90-,91-,92+,93-,94-,95-,96-/m1/s1. The number of ketones is 2. The van der Waals surface area contributed by atoms with Crippen molar-refractivity contribution in [3.63, 3.8) is 0 Å². The zero-order valence-corrected chi connectivity index (χ0v) is 79.4. The summed E-state index contributed by atoms with van der Waals surface area (Å²) < 4.78 is 75.5. The van der Waals surface area contributed by atoms with Crippen LogP contribution in [0.25, 0.3) is 0 Å². The minimum atomic E-state index is -1.19. The van der Waals surface area contributed by atoms with Gasteiger partial charge in [-0.1, -0.05) is 68.2 Å². The highest BCUT2D eigenvalue weighted by Crippen LogP contribution is 2.66. The largest absolute Gasteiger partial charge is 0.435 e. The maximum absolute atomic E-state index is 14.5. The number of fused-ring (bicyclic) bond motifs is 8. The molecule has 20 rings (SSSR count). The third-order valence-corrected chi connectivity index (χ3v) is 33.7. The molecule has 0 aromatic rings. The van der Waals surface area contributed by atoms with Crippen molar-refractivity contribution in [2.45, 2.75) is 429 Å². The minimum absolute atomic E-state index is 0.0633. The summed E-state index contributed by atoms with van der Waals surface area (Å²) in [6, 6.07) is -3.33. The molecule has 740 valence electrons. The van der Waals surface area contributed by atoms with Gasteiger partial charge < -0.3 is 83.4 Å². The van der Waals surface area contributed by atoms with Crippen molar-refractivity contribution in [1.29, 1.82) is 0 Å². The number of ether oxygens (including phenoxy) is 12. The lowest BCUT2D eigenvalue weighted by atomic mass is 9.58. The number of rotatable bonds is 38. The molecule has 16 saturated heterocycles. The van der Waals surface area contributed by atoms with Gasteiger partial charge in [0.15, 0.2) is 53.3 Å². The molecule has 16 heterocycles. The molecule has 16 aliphatic heterocycles. The fourth-order valence-corrected chi connectivity index (χ4v) is 26.0. The summed E-state index contributed by atoms with van der Waals surface area (Å²) in [4.78, 5) is 200. The van der Waals surface area contributed by atoms with Crippen LogP contribution in [0.3, 0.4) is 0 Å². The molecule has 5 amide bonds. The van der Waals surface area contributed by atoms with Crippen LogP contribution >= 0.6 is 0 Å². The van der Waals surface area contributed by atoms with E-state index in [0.717, 1.165) is 77.0 Å². The van der Waals surface area contributed by atoms with Gasteiger partial charge in [-0.3, -0.25) is 52.7 Å². The second-order valence-electron chi connectivity index (χ2n) is 42.7. The Hall–Kier alpha value is -6.07. The number of Topliss-reactive ketones (excluding diaryl/α,β-unsaturated/α-hetero) is 2. The fraction of sp³-hybridized carbons (Fsp3) is 0.885. The summed E-state index contributed by atoms with van der Waals surface area (Å²) in [7, 11) is 0. The average molecular weight is 1870 g/mol. The van der Waals surface area contributed by atoms with E-state index in [-0.39, 0.29) is 173 Å². The number of carbonyl (C=O) groups is 11. The molecule has 4 saturated carbocycles. The van der Waals surface area contributed by atoms with E-state index < -0.39 is 167 Å². The average Bonchev–Trinajstić information content (AvgIpc) is 1.40. The highest BCUT2D eigenvalue weighted by atomic mass is 17.3. The lowest BCUT2D eigenvalue weighted by molar-refractivity contribution is -0.576. The number of carbonyl (C=O) groups excluding carboxylic acids is 11. The smallest absolute Gasteiger partial charge is 0.308 e. The molecule has 20 aliphatic rings. The molecule has 36 heteroatoms. The van der Waals surface area contributed by atoms with Crippen molar-refractivity contribution in [2.24, 2.45) is 94.7 Å². The number of hydrogen-bond acceptors (Lipinski definition) is 31. The minimum Gasteiger partial charge on any atom is -0.435 e. The van der Waals surface area contributed by atoms with Crippen LogP contribution in [-0.2, 0) is 149 Å². The van der Waals surface area contributed by atoms with Crippen LogP contribution in [0.2, 0.25) is 0 Å². The summed E-state index contributed by atoms with van der Waals surface area (Å²) in [6.07, 6.45) is 6.44. The molecule has 132 heavy (non-hydrogen) atoms. The Morgan fingerprint density at radius 3 is 0.947 bits per heavy atom. The van der Waals surface area contributed by atoms with Crippen LogP contribution in [0, 0.1) is 94.7 Å². The number of nitrogens with one attached hydrogen (secondary N) is 5. The van der Waals surface area contributed by atoms with Gasteiger partial charge in [0.25, 0.3) is 0 Å². The molecule has 5 N–H and O–H groups in total. The van der Waals surface area contributed by atoms with E-state index in [2.05, 4.69) is 54.3 Å². The van der Waals surface area contributed by atoms with E-state index in [1.807, 2.05) is 41.5 Å². The topological polar surface area (TPSA) is 433 Å². The maximum atomic E-state index is 14.5. The highest BCUT2D eigenvalue weighted by molar-refractivity contribution is 5.93. The van der Waals surface area contributed by atoms with Gasteiger partial charge >= 0.3 is 23.9 Å². The molecule has 36 nitrogen and oxygen atoms in total. The summed E-state index contributed by atoms with van der Waals surface area (Å²) in [6.45, 7) is 25.5. The predicted molar refractivity (Wildman–Crippen MR) is 457 cm³/mol. The van der Waals surface area contributed by atoms with Gasteiger partial charge in [-0.2, -0.15) is 0 Å². The number of unbranched alkanes of at least 4 members (excludes halogenated alkanes) is 4. The van der Waals surface area contributed by atoms with E-state index in [9.17, 15) is 52.7 Å². The van der Waals surface area contributed by atoms with Gasteiger partial charge in [0.1, 0.15) is 17.9 Å². The molecule has 3 unspecified atom stereocenters. The third-order valence-electron chi connectivity index (χ3n) is 33.7. The van der Waals surface area contributed by atoms with Crippen molar-refractivity contribution in [3.8, 4) is 0 Å². The SMILES string of the molecule is CC(=O)C(CCCCNC(=O)C(CCCCNC(=O)CCC(=O)O[C@@H]1O[C@@H]2O[C@@]3(C)CC[C@H]4[C@H](C)CC[C@@H]([C@H]1C)[C@@]24OO3)NC(=O)CCC(=O)O[C@@H]1O[C@@H]2O[C@@]3(C)CC[C@H]4[C@H](C)CC[C@@H]([C@H]1C)[C@@]24OO3)NC(=O)C(CCCCCC(=O)CCC(=O)O[C@@H]1O[C@@H]2O[C@]3(C)CC[C@H]4[C@H](C)CC[C@@H]([C@H]1C)[C@@]24OO3)NC(=O)CCC(=O)O[C@@H]1O[C@@H]2O[C@]3(C)CC[C@H]4[C@H](C)CC[C@@H]([C@H]1C)[C@@]24OO3. The van der Waals surface area contributed by atoms with Gasteiger partial charge in [-0.25, -0.2) is 39.1 Å². The number of esters is 4. The molecule has 0 aromatic carbocycles. The molecule has 0 radical (unpaired) electrons. The Balaban J connectivity index is 0.510. The normalized spacial score (nSPS) is 42.7. The van der Waals surface area contributed by atoms with E-state index in [1.165, 1.54) is 6.92 Å². The Morgan fingerprint density at radius 1 is 0.303 bits per heavy atom. The quantitative estimate of drug-likeness (QED) is 0.0166. The van der Waals surface area contributed by atoms with Crippen LogP contribution in [-0.4, -0.2) is 192 Å². The van der Waals surface area contributed by atoms with E-state index in [0.29, 0.717) is 94.3 Å². The van der Waals surface area contributed by atoms with Crippen LogP contribution < -0.4 is 26.6 Å². The zero-order chi connectivity index (χ0) is 93.8. The molecule has 0 aromatic heterocycles. The lowest BCUT2D eigenvalue weighted by Crippen LogP contribution is -2.70. The summed E-state index contributed by atoms with van der Waals surface area (Å²) in [5.41, 5.74) is -3.45. The summed E-state index contributed by atoms with van der Waals surface area (Å²) in [5, 5.41) is 14.2. The molecule has 35 atom stereocenters. The second-order valence-corrected chi connectivity index (χ2v) is 42.7. The first-order valence-electron chi connectivity index (χ1n) is 49.9. The highest BCUT2D eigenvalue weighted by Gasteiger charge is 2.75. The maximum Gasteiger partial charge on any atom is 0.308 e. The van der Waals surface area contributed by atoms with Gasteiger partial charge in [0, 0.05) is 118 Å². The lowest BCUT2D eigenvalue weighted by Gasteiger charge is -2.59. The summed E-state index contributed by atoms with van der Waals surface area (Å²) >= 11 is 0. The molecule has 8 bridgehead atoms. The van der Waals surface area contributed by atoms with Crippen molar-refractivity contribution in [1.82, 2.24) is 26.6 Å². The van der Waals surface area contributed by atoms with Gasteiger partial charge in [0.2, 0.25) is 77.8 Å². The van der Waals surface area contributed by atoms with Crippen LogP contribution in [0.5, 0.6) is 0 Å². The van der Waals surface area contributed by atoms with E-state index >= 15 is 0 Å². The summed E-state index contributed by atoms with van der Waals surface area (Å²) in [5.74, 6) is -9.88. The molecular formula is C96H145N5O31. The van der Waals surface area contributed by atoms with Crippen molar-refractivity contribution in [2.75, 3.05) is 13.1 Å². The van der Waals surface area contributed by atoms with Crippen molar-refractivity contribution < 1.29 is 149 Å². The van der Waals surface area contributed by atoms with Crippen LogP contribution in [0.4, 0.5) is 0 Å². The Kier molecular flexibility index (Phi) is 30.3. The molecular weight excluding hydrogens is 1720 g/mol. The van der Waals surface area contributed by atoms with Crippen molar-refractivity contribution >= 4 is 65.0 Å². The Labute approximate surface area is 773 Å². The molecule has 4 spiro atoms. The second kappa shape index (κ2) is 40.4. The van der Waals surface area contributed by atoms with Crippen LogP contribution in [0.1, 0.15) is 315 Å². The first-order chi connectivity index (χ1) is 62.9. The molecule has 20 fully saturated rings. The molecule has 4 aliphatic carbocycles. The Bertz CT molecular complexity index is 4200. The zero-order valence-electron chi connectivity index (χ0n) is 79.4. The van der Waals surface area contributed by atoms with Gasteiger partial charge in [-0.15, -0.1) is 0 Å². The van der Waals surface area contributed by atoms with Gasteiger partial charge in [0.05, 0.1) is 31.7 Å².